The Hall–Kier alpha value is -2.94. The summed E-state index contributed by atoms with van der Waals surface area (Å²) in [5.41, 5.74) is 2.22. The molecule has 2 unspecified atom stereocenters. The largest absolute Gasteiger partial charge is 0.464 e. The van der Waals surface area contributed by atoms with E-state index in [1.807, 2.05) is 37.3 Å². The van der Waals surface area contributed by atoms with Crippen LogP contribution >= 0.6 is 23.2 Å². The first-order valence-electron chi connectivity index (χ1n) is 11.4. The van der Waals surface area contributed by atoms with Gasteiger partial charge in [0.1, 0.15) is 6.04 Å². The third kappa shape index (κ3) is 7.53. The van der Waals surface area contributed by atoms with E-state index in [9.17, 15) is 13.8 Å². The number of rotatable bonds is 11. The van der Waals surface area contributed by atoms with Crippen molar-refractivity contribution in [2.75, 3.05) is 23.0 Å². The number of hydrogen-bond acceptors (Lipinski definition) is 6. The summed E-state index contributed by atoms with van der Waals surface area (Å²) < 4.78 is 17.7. The molecule has 10 heteroatoms. The van der Waals surface area contributed by atoms with Crippen LogP contribution in [0.4, 0.5) is 11.4 Å². The fourth-order valence-corrected chi connectivity index (χ4v) is 5.08. The van der Waals surface area contributed by atoms with Gasteiger partial charge in [-0.05, 0) is 49.2 Å². The summed E-state index contributed by atoms with van der Waals surface area (Å²) in [5, 5.41) is 6.29. The third-order valence-corrected chi connectivity index (χ3v) is 7.26. The Balaban J connectivity index is 1.73. The lowest BCUT2D eigenvalue weighted by Crippen LogP contribution is -2.33. The van der Waals surface area contributed by atoms with E-state index in [1.165, 1.54) is 12.4 Å². The van der Waals surface area contributed by atoms with Gasteiger partial charge in [0.25, 0.3) is 5.91 Å². The summed E-state index contributed by atoms with van der Waals surface area (Å²) in [4.78, 5) is 29.8. The van der Waals surface area contributed by atoms with Crippen LogP contribution in [0.5, 0.6) is 0 Å². The molecular weight excluding hydrogens is 521 g/mol. The Morgan fingerprint density at radius 2 is 1.72 bits per heavy atom. The van der Waals surface area contributed by atoms with E-state index in [0.717, 1.165) is 12.0 Å². The maximum Gasteiger partial charge on any atom is 0.328 e. The SMILES string of the molecule is CCCS(=O)c1cccc(NC(Cc2ccc(NC(=O)c3c(Cl)cncc3Cl)cc2)C(=O)OCC)c1. The number of esters is 1. The number of halogens is 2. The molecule has 3 rings (SSSR count). The highest BCUT2D eigenvalue weighted by Gasteiger charge is 2.21. The molecule has 0 aliphatic carbocycles. The van der Waals surface area contributed by atoms with Crippen molar-refractivity contribution in [3.05, 3.63) is 82.1 Å². The first-order chi connectivity index (χ1) is 17.3. The molecule has 3 aromatic rings. The zero-order valence-corrected chi connectivity index (χ0v) is 22.3. The topological polar surface area (TPSA) is 97.4 Å². The maximum absolute atomic E-state index is 12.7. The molecule has 1 heterocycles. The Kier molecular flexibility index (Phi) is 10.3. The summed E-state index contributed by atoms with van der Waals surface area (Å²) in [5.74, 6) is -0.267. The average molecular weight is 548 g/mol. The number of ether oxygens (including phenoxy) is 1. The van der Waals surface area contributed by atoms with Gasteiger partial charge in [0.15, 0.2) is 0 Å². The lowest BCUT2D eigenvalue weighted by atomic mass is 10.0. The van der Waals surface area contributed by atoms with Crippen molar-refractivity contribution in [3.8, 4) is 0 Å². The molecule has 2 N–H and O–H groups in total. The highest BCUT2D eigenvalue weighted by molar-refractivity contribution is 7.85. The van der Waals surface area contributed by atoms with E-state index < -0.39 is 28.7 Å². The summed E-state index contributed by atoms with van der Waals surface area (Å²) in [6.07, 6.45) is 3.86. The zero-order valence-electron chi connectivity index (χ0n) is 19.9. The molecule has 0 fully saturated rings. The van der Waals surface area contributed by atoms with Gasteiger partial charge in [0.05, 0.1) is 33.0 Å². The molecule has 7 nitrogen and oxygen atoms in total. The number of nitrogens with one attached hydrogen (secondary N) is 2. The van der Waals surface area contributed by atoms with Crippen molar-refractivity contribution in [3.63, 3.8) is 0 Å². The molecule has 0 radical (unpaired) electrons. The van der Waals surface area contributed by atoms with Crippen molar-refractivity contribution >= 4 is 57.3 Å². The summed E-state index contributed by atoms with van der Waals surface area (Å²) in [7, 11) is -1.10. The van der Waals surface area contributed by atoms with Crippen molar-refractivity contribution in [1.29, 1.82) is 0 Å². The van der Waals surface area contributed by atoms with Gasteiger partial charge in [-0.3, -0.25) is 14.0 Å². The Bertz CT molecular complexity index is 1220. The monoisotopic (exact) mass is 547 g/mol. The highest BCUT2D eigenvalue weighted by atomic mass is 35.5. The van der Waals surface area contributed by atoms with Crippen LogP contribution < -0.4 is 10.6 Å². The van der Waals surface area contributed by atoms with Crippen LogP contribution in [0.1, 0.15) is 36.2 Å². The Morgan fingerprint density at radius 3 is 2.36 bits per heavy atom. The number of nitrogens with zero attached hydrogens (tertiary/aromatic N) is 1. The molecule has 0 saturated carbocycles. The fraction of sp³-hybridized carbons (Fsp3) is 0.269. The maximum atomic E-state index is 12.7. The van der Waals surface area contributed by atoms with Gasteiger partial charge in [-0.1, -0.05) is 48.3 Å². The van der Waals surface area contributed by atoms with Crippen molar-refractivity contribution in [2.24, 2.45) is 0 Å². The van der Waals surface area contributed by atoms with E-state index >= 15 is 0 Å². The zero-order chi connectivity index (χ0) is 26.1. The van der Waals surface area contributed by atoms with Gasteiger partial charge in [-0.25, -0.2) is 4.79 Å². The first-order valence-corrected chi connectivity index (χ1v) is 13.5. The van der Waals surface area contributed by atoms with Crippen LogP contribution in [0.2, 0.25) is 10.0 Å². The molecule has 2 aromatic carbocycles. The second-order valence-corrected chi connectivity index (χ2v) is 10.2. The molecule has 0 saturated heterocycles. The van der Waals surface area contributed by atoms with Crippen LogP contribution in [0.15, 0.2) is 65.8 Å². The molecule has 36 heavy (non-hydrogen) atoms. The first kappa shape index (κ1) is 27.6. The van der Waals surface area contributed by atoms with Gasteiger partial charge in [0, 0.05) is 40.8 Å². The predicted octanol–water partition coefficient (Wildman–Crippen LogP) is 5.74. The van der Waals surface area contributed by atoms with E-state index in [2.05, 4.69) is 15.6 Å². The highest BCUT2D eigenvalue weighted by Crippen LogP contribution is 2.24. The Labute approximate surface area is 223 Å². The molecule has 190 valence electrons. The quantitative estimate of drug-likeness (QED) is 0.297. The second kappa shape index (κ2) is 13.4. The summed E-state index contributed by atoms with van der Waals surface area (Å²) in [6, 6.07) is 13.7. The van der Waals surface area contributed by atoms with E-state index in [-0.39, 0.29) is 22.2 Å². The minimum absolute atomic E-state index is 0.145. The van der Waals surface area contributed by atoms with E-state index in [4.69, 9.17) is 27.9 Å². The number of carbonyl (C=O) groups is 2. The number of hydrogen-bond donors (Lipinski definition) is 2. The Morgan fingerprint density at radius 1 is 1.03 bits per heavy atom. The predicted molar refractivity (Wildman–Crippen MR) is 144 cm³/mol. The molecule has 1 amide bonds. The van der Waals surface area contributed by atoms with Gasteiger partial charge >= 0.3 is 5.97 Å². The number of benzene rings is 2. The fourth-order valence-electron chi connectivity index (χ4n) is 3.45. The van der Waals surface area contributed by atoms with Crippen molar-refractivity contribution in [2.45, 2.75) is 37.6 Å². The van der Waals surface area contributed by atoms with E-state index in [1.54, 1.807) is 25.1 Å². The van der Waals surface area contributed by atoms with Crippen LogP contribution in [-0.4, -0.2) is 39.5 Å². The van der Waals surface area contributed by atoms with Crippen LogP contribution in [0.25, 0.3) is 0 Å². The van der Waals surface area contributed by atoms with Gasteiger partial charge in [-0.2, -0.15) is 0 Å². The van der Waals surface area contributed by atoms with Gasteiger partial charge in [0.2, 0.25) is 0 Å². The van der Waals surface area contributed by atoms with Crippen LogP contribution in [0.3, 0.4) is 0 Å². The van der Waals surface area contributed by atoms with E-state index in [0.29, 0.717) is 28.4 Å². The van der Waals surface area contributed by atoms with Crippen molar-refractivity contribution in [1.82, 2.24) is 4.98 Å². The standard InChI is InChI=1S/C26H27Cl2N3O4S/c1-3-12-36(34)20-7-5-6-19(14-20)30-23(26(33)35-4-2)13-17-8-10-18(11-9-17)31-25(32)24-21(27)15-29-16-22(24)28/h5-11,14-16,23,30H,3-4,12-13H2,1-2H3,(H,31,32). The van der Waals surface area contributed by atoms with Gasteiger partial charge < -0.3 is 15.4 Å². The summed E-state index contributed by atoms with van der Waals surface area (Å²) >= 11 is 12.1. The average Bonchev–Trinajstić information content (AvgIpc) is 2.85. The number of pyridine rings is 1. The lowest BCUT2D eigenvalue weighted by molar-refractivity contribution is -0.144. The second-order valence-electron chi connectivity index (χ2n) is 7.86. The number of anilines is 2. The van der Waals surface area contributed by atoms with Crippen LogP contribution in [0, 0.1) is 0 Å². The van der Waals surface area contributed by atoms with Crippen molar-refractivity contribution < 1.29 is 18.5 Å². The summed E-state index contributed by atoms with van der Waals surface area (Å²) in [6.45, 7) is 3.99. The molecule has 0 aliphatic heterocycles. The smallest absolute Gasteiger partial charge is 0.328 e. The molecule has 2 atom stereocenters. The number of amides is 1. The normalized spacial score (nSPS) is 12.4. The molecule has 0 spiro atoms. The molecule has 0 aliphatic rings. The minimum Gasteiger partial charge on any atom is -0.464 e. The van der Waals surface area contributed by atoms with Crippen LogP contribution in [-0.2, 0) is 26.8 Å². The molecule has 1 aromatic heterocycles. The minimum atomic E-state index is -1.10. The molecular formula is C26H27Cl2N3O4S. The molecule has 0 bridgehead atoms. The van der Waals surface area contributed by atoms with Gasteiger partial charge in [-0.15, -0.1) is 0 Å². The lowest BCUT2D eigenvalue weighted by Gasteiger charge is -2.19. The number of aromatic nitrogens is 1. The third-order valence-electron chi connectivity index (χ3n) is 5.13. The number of carbonyl (C=O) groups excluding carboxylic acids is 2.